The Kier molecular flexibility index (Phi) is 8.94. The minimum absolute atomic E-state index is 0.0247. The number of carbonyl (C=O) groups excluding carboxylic acids is 1. The molecule has 3 aromatic carbocycles. The average molecular weight is 727 g/mol. The van der Waals surface area contributed by atoms with Gasteiger partial charge in [-0.2, -0.15) is 8.61 Å². The van der Waals surface area contributed by atoms with Crippen molar-refractivity contribution in [3.63, 3.8) is 0 Å². The lowest BCUT2D eigenvalue weighted by Crippen LogP contribution is -2.50. The highest BCUT2D eigenvalue weighted by molar-refractivity contribution is 9.10. The molecule has 0 radical (unpaired) electrons. The summed E-state index contributed by atoms with van der Waals surface area (Å²) in [6.45, 7) is 0.525. The van der Waals surface area contributed by atoms with Gasteiger partial charge in [0.25, 0.3) is 10.0 Å². The zero-order chi connectivity index (χ0) is 31.9. The number of piperazine rings is 1. The summed E-state index contributed by atoms with van der Waals surface area (Å²) in [5.74, 6) is -0.661. The molecule has 0 unspecified atom stereocenters. The van der Waals surface area contributed by atoms with E-state index >= 15 is 0 Å². The molecule has 1 aliphatic heterocycles. The third-order valence-corrected chi connectivity index (χ3v) is 13.4. The fourth-order valence-corrected chi connectivity index (χ4v) is 10.5. The number of esters is 1. The van der Waals surface area contributed by atoms with Crippen LogP contribution >= 0.6 is 15.9 Å². The third-order valence-electron chi connectivity index (χ3n) is 7.10. The summed E-state index contributed by atoms with van der Waals surface area (Å²) in [7, 11) is -11.6. The summed E-state index contributed by atoms with van der Waals surface area (Å²) in [6.07, 6.45) is 0. The molecule has 1 aliphatic rings. The van der Waals surface area contributed by atoms with Crippen molar-refractivity contribution < 1.29 is 39.5 Å². The van der Waals surface area contributed by atoms with Crippen LogP contribution < -0.4 is 4.74 Å². The maximum absolute atomic E-state index is 14.4. The number of hydrogen-bond acceptors (Lipinski definition) is 9. The zero-order valence-electron chi connectivity index (χ0n) is 23.6. The van der Waals surface area contributed by atoms with Gasteiger partial charge in [-0.25, -0.2) is 34.0 Å². The Morgan fingerprint density at radius 1 is 0.750 bits per heavy atom. The maximum Gasteiger partial charge on any atom is 0.357 e. The number of nitrogens with zero attached hydrogens (tertiary/aromatic N) is 3. The number of methoxy groups -OCH3 is 1. The number of halogens is 1. The van der Waals surface area contributed by atoms with E-state index in [0.29, 0.717) is 9.72 Å². The second kappa shape index (κ2) is 12.3. The van der Waals surface area contributed by atoms with Crippen molar-refractivity contribution in [2.45, 2.75) is 21.6 Å². The van der Waals surface area contributed by atoms with E-state index in [2.05, 4.69) is 15.9 Å². The van der Waals surface area contributed by atoms with Crippen molar-refractivity contribution in [3.05, 3.63) is 83.0 Å². The summed E-state index contributed by atoms with van der Waals surface area (Å²) in [4.78, 5) is 12.8. The lowest BCUT2D eigenvalue weighted by atomic mass is 10.2. The van der Waals surface area contributed by atoms with Crippen LogP contribution in [0.5, 0.6) is 5.75 Å². The van der Waals surface area contributed by atoms with Crippen molar-refractivity contribution in [1.82, 2.24) is 12.6 Å². The summed E-state index contributed by atoms with van der Waals surface area (Å²) in [6, 6.07) is 17.6. The van der Waals surface area contributed by atoms with E-state index in [4.69, 9.17) is 9.47 Å². The summed E-state index contributed by atoms with van der Waals surface area (Å²) < 4.78 is 96.7. The molecule has 16 heteroatoms. The van der Waals surface area contributed by atoms with Gasteiger partial charge in [0.05, 0.1) is 29.0 Å². The molecule has 1 fully saturated rings. The quantitative estimate of drug-likeness (QED) is 0.236. The lowest BCUT2D eigenvalue weighted by molar-refractivity contribution is 0.0513. The lowest BCUT2D eigenvalue weighted by Gasteiger charge is -2.33. The average Bonchev–Trinajstić information content (AvgIpc) is 3.40. The summed E-state index contributed by atoms with van der Waals surface area (Å²) in [5, 5.41) is -0.0247. The van der Waals surface area contributed by atoms with E-state index in [1.165, 1.54) is 85.1 Å². The Morgan fingerprint density at radius 3 is 1.89 bits per heavy atom. The largest absolute Gasteiger partial charge is 0.497 e. The number of benzene rings is 3. The number of fused-ring (bicyclic) bond motifs is 1. The van der Waals surface area contributed by atoms with Gasteiger partial charge in [-0.3, -0.25) is 0 Å². The maximum atomic E-state index is 14.4. The first-order chi connectivity index (χ1) is 20.8. The Hall–Kier alpha value is -3.28. The van der Waals surface area contributed by atoms with Crippen LogP contribution in [-0.4, -0.2) is 83.7 Å². The van der Waals surface area contributed by atoms with E-state index in [1.807, 2.05) is 0 Å². The van der Waals surface area contributed by atoms with Gasteiger partial charge >= 0.3 is 5.97 Å². The molecular formula is C28H28BrN3O9S3. The van der Waals surface area contributed by atoms with Crippen LogP contribution in [0.4, 0.5) is 0 Å². The topological polar surface area (TPSA) is 149 Å². The van der Waals surface area contributed by atoms with E-state index in [9.17, 15) is 30.0 Å². The molecule has 4 aromatic rings. The van der Waals surface area contributed by atoms with Gasteiger partial charge in [-0.15, -0.1) is 0 Å². The van der Waals surface area contributed by atoms with Gasteiger partial charge in [-0.05, 0) is 55.5 Å². The Balaban J connectivity index is 1.61. The van der Waals surface area contributed by atoms with Crippen molar-refractivity contribution >= 4 is 62.9 Å². The normalized spacial score (nSPS) is 15.3. The summed E-state index contributed by atoms with van der Waals surface area (Å²) >= 11 is 3.35. The first-order valence-corrected chi connectivity index (χ1v) is 18.4. The standard InChI is InChI=1S/C28H28BrN3O9S3/c1-3-41-28(33)26-27(25-23(29)10-7-11-24(25)32(26)43(36,37)21-8-5-4-6-9-21)44(38,39)31-18-16-30(17-19-31)42(34,35)22-14-12-20(40-2)13-15-22/h4-15H,3,16-19H2,1-2H3. The highest BCUT2D eigenvalue weighted by Gasteiger charge is 2.42. The minimum Gasteiger partial charge on any atom is -0.497 e. The van der Waals surface area contributed by atoms with Crippen LogP contribution in [0.25, 0.3) is 10.9 Å². The molecule has 234 valence electrons. The van der Waals surface area contributed by atoms with Gasteiger partial charge in [0.15, 0.2) is 5.69 Å². The number of sulfonamides is 2. The van der Waals surface area contributed by atoms with Crippen LogP contribution in [0, 0.1) is 0 Å². The van der Waals surface area contributed by atoms with Crippen molar-refractivity contribution in [3.8, 4) is 5.75 Å². The number of carbonyl (C=O) groups is 1. The highest BCUT2D eigenvalue weighted by atomic mass is 79.9. The number of ether oxygens (including phenoxy) is 2. The van der Waals surface area contributed by atoms with Gasteiger partial charge < -0.3 is 9.47 Å². The Labute approximate surface area is 264 Å². The first kappa shape index (κ1) is 32.1. The molecule has 1 aromatic heterocycles. The molecule has 44 heavy (non-hydrogen) atoms. The molecule has 5 rings (SSSR count). The van der Waals surface area contributed by atoms with E-state index in [-0.39, 0.29) is 58.0 Å². The smallest absolute Gasteiger partial charge is 0.357 e. The van der Waals surface area contributed by atoms with E-state index in [0.717, 1.165) is 4.31 Å². The zero-order valence-corrected chi connectivity index (χ0v) is 27.6. The second-order valence-electron chi connectivity index (χ2n) is 9.60. The van der Waals surface area contributed by atoms with Crippen LogP contribution in [0.1, 0.15) is 17.4 Å². The molecule has 1 saturated heterocycles. The molecule has 0 saturated carbocycles. The van der Waals surface area contributed by atoms with Crippen molar-refractivity contribution in [2.75, 3.05) is 39.9 Å². The molecule has 0 N–H and O–H groups in total. The summed E-state index contributed by atoms with van der Waals surface area (Å²) in [5.41, 5.74) is -0.725. The van der Waals surface area contributed by atoms with Gasteiger partial charge in [-0.1, -0.05) is 40.2 Å². The fourth-order valence-electron chi connectivity index (χ4n) is 4.99. The molecule has 0 spiro atoms. The fraction of sp³-hybridized carbons (Fsp3) is 0.250. The second-order valence-corrected chi connectivity index (χ2v) is 16.1. The molecular weight excluding hydrogens is 698 g/mol. The van der Waals surface area contributed by atoms with Crippen LogP contribution in [0.3, 0.4) is 0 Å². The Bertz CT molecular complexity index is 2040. The number of hydrogen-bond donors (Lipinski definition) is 0. The first-order valence-electron chi connectivity index (χ1n) is 13.3. The molecule has 2 heterocycles. The SMILES string of the molecule is CCOC(=O)c1c(S(=O)(=O)N2CCN(S(=O)(=O)c3ccc(OC)cc3)CC2)c2c(Br)cccc2n1S(=O)(=O)c1ccccc1. The molecule has 0 bridgehead atoms. The van der Waals surface area contributed by atoms with E-state index in [1.54, 1.807) is 6.07 Å². The monoisotopic (exact) mass is 725 g/mol. The highest BCUT2D eigenvalue weighted by Crippen LogP contribution is 2.40. The van der Waals surface area contributed by atoms with Crippen molar-refractivity contribution in [1.29, 1.82) is 0 Å². The predicted octanol–water partition coefficient (Wildman–Crippen LogP) is 3.52. The minimum atomic E-state index is -4.59. The molecule has 12 nitrogen and oxygen atoms in total. The number of rotatable bonds is 9. The molecule has 0 amide bonds. The van der Waals surface area contributed by atoms with E-state index < -0.39 is 46.6 Å². The van der Waals surface area contributed by atoms with Gasteiger partial charge in [0.2, 0.25) is 20.0 Å². The van der Waals surface area contributed by atoms with Crippen molar-refractivity contribution in [2.24, 2.45) is 0 Å². The molecule has 0 atom stereocenters. The predicted molar refractivity (Wildman–Crippen MR) is 165 cm³/mol. The van der Waals surface area contributed by atoms with Gasteiger partial charge in [0, 0.05) is 36.0 Å². The van der Waals surface area contributed by atoms with Crippen LogP contribution in [0.2, 0.25) is 0 Å². The number of aromatic nitrogens is 1. The van der Waals surface area contributed by atoms with Crippen LogP contribution in [0.15, 0.2) is 92.0 Å². The Morgan fingerprint density at radius 2 is 1.32 bits per heavy atom. The third kappa shape index (κ3) is 5.54. The molecule has 0 aliphatic carbocycles. The van der Waals surface area contributed by atoms with Crippen LogP contribution in [-0.2, 0) is 34.8 Å². The van der Waals surface area contributed by atoms with Gasteiger partial charge in [0.1, 0.15) is 10.6 Å².